The molecule has 0 spiro atoms. The number of nitrogens with zero attached hydrogens (tertiary/aromatic N) is 2. The highest BCUT2D eigenvalue weighted by atomic mass is 16.2. The number of amides is 2. The highest BCUT2D eigenvalue weighted by molar-refractivity contribution is 5.86. The third-order valence-corrected chi connectivity index (χ3v) is 5.82. The van der Waals surface area contributed by atoms with Gasteiger partial charge in [0.25, 0.3) is 0 Å². The minimum absolute atomic E-state index is 0.0488. The van der Waals surface area contributed by atoms with E-state index in [4.69, 9.17) is 0 Å². The van der Waals surface area contributed by atoms with E-state index in [0.29, 0.717) is 19.5 Å². The van der Waals surface area contributed by atoms with Crippen LogP contribution < -0.4 is 5.32 Å². The van der Waals surface area contributed by atoms with Crippen LogP contribution in [0.4, 0.5) is 0 Å². The molecule has 0 radical (unpaired) electrons. The summed E-state index contributed by atoms with van der Waals surface area (Å²) in [5, 5.41) is 3.03. The van der Waals surface area contributed by atoms with Crippen LogP contribution in [-0.4, -0.2) is 41.3 Å². The molecule has 5 nitrogen and oxygen atoms in total. The van der Waals surface area contributed by atoms with Crippen LogP contribution in [0, 0.1) is 10.8 Å². The van der Waals surface area contributed by atoms with Gasteiger partial charge in [-0.3, -0.25) is 14.6 Å². The molecule has 0 aliphatic carbocycles. The largest absolute Gasteiger partial charge is 0.356 e. The molecule has 1 aromatic heterocycles. The predicted octanol–water partition coefficient (Wildman–Crippen LogP) is 4.08. The second-order valence-electron chi connectivity index (χ2n) is 9.34. The van der Waals surface area contributed by atoms with E-state index in [1.165, 1.54) is 0 Å². The van der Waals surface area contributed by atoms with Crippen molar-refractivity contribution in [1.29, 1.82) is 0 Å². The fourth-order valence-corrected chi connectivity index (χ4v) is 4.28. The number of pyridine rings is 1. The Morgan fingerprint density at radius 3 is 2.47 bits per heavy atom. The third-order valence-electron chi connectivity index (χ3n) is 5.82. The van der Waals surface area contributed by atoms with Gasteiger partial charge in [-0.15, -0.1) is 0 Å². The number of carbonyl (C=O) groups is 2. The van der Waals surface area contributed by atoms with E-state index in [0.717, 1.165) is 36.1 Å². The third kappa shape index (κ3) is 4.89. The van der Waals surface area contributed by atoms with Gasteiger partial charge in [-0.05, 0) is 48.9 Å². The highest BCUT2D eigenvalue weighted by Crippen LogP contribution is 2.36. The van der Waals surface area contributed by atoms with Crippen molar-refractivity contribution in [3.63, 3.8) is 0 Å². The zero-order valence-electron chi connectivity index (χ0n) is 18.6. The number of piperidine rings is 1. The number of carbonyl (C=O) groups excluding carboxylic acids is 2. The molecule has 1 aromatic carbocycles. The Labute approximate surface area is 179 Å². The Balaban J connectivity index is 1.85. The lowest BCUT2D eigenvalue weighted by Crippen LogP contribution is -2.56. The fraction of sp³-hybridized carbons (Fsp3) is 0.480. The van der Waals surface area contributed by atoms with E-state index in [1.54, 1.807) is 6.20 Å². The SMILES string of the molecule is CCNC(=O)[C@]1(Cc2ccc(-c3cccnc3)cc2)CCCN(C(=O)C(C)(C)C)C1. The molecule has 0 unspecified atom stereocenters. The smallest absolute Gasteiger partial charge is 0.228 e. The Kier molecular flexibility index (Phi) is 6.59. The summed E-state index contributed by atoms with van der Waals surface area (Å²) in [6.45, 7) is 9.54. The maximum absolute atomic E-state index is 13.2. The zero-order chi connectivity index (χ0) is 21.8. The first kappa shape index (κ1) is 22.0. The van der Waals surface area contributed by atoms with Crippen LogP contribution >= 0.6 is 0 Å². The van der Waals surface area contributed by atoms with Gasteiger partial charge in [-0.2, -0.15) is 0 Å². The lowest BCUT2D eigenvalue weighted by molar-refractivity contribution is -0.147. The summed E-state index contributed by atoms with van der Waals surface area (Å²) >= 11 is 0. The van der Waals surface area contributed by atoms with Gasteiger partial charge in [-0.1, -0.05) is 51.1 Å². The van der Waals surface area contributed by atoms with E-state index in [9.17, 15) is 9.59 Å². The van der Waals surface area contributed by atoms with Gasteiger partial charge in [-0.25, -0.2) is 0 Å². The number of aromatic nitrogens is 1. The Morgan fingerprint density at radius 2 is 1.87 bits per heavy atom. The van der Waals surface area contributed by atoms with Crippen LogP contribution in [0.15, 0.2) is 48.8 Å². The molecule has 1 fully saturated rings. The lowest BCUT2D eigenvalue weighted by Gasteiger charge is -2.43. The van der Waals surface area contributed by atoms with Crippen molar-refractivity contribution >= 4 is 11.8 Å². The zero-order valence-corrected chi connectivity index (χ0v) is 18.6. The number of benzene rings is 1. The van der Waals surface area contributed by atoms with Crippen LogP contribution in [0.1, 0.15) is 46.1 Å². The van der Waals surface area contributed by atoms with Gasteiger partial charge in [0.1, 0.15) is 0 Å². The van der Waals surface area contributed by atoms with Crippen molar-refractivity contribution in [2.24, 2.45) is 10.8 Å². The first-order chi connectivity index (χ1) is 14.2. The molecule has 1 aliphatic rings. The van der Waals surface area contributed by atoms with E-state index in [1.807, 2.05) is 50.9 Å². The van der Waals surface area contributed by atoms with Gasteiger partial charge in [0, 0.05) is 37.4 Å². The van der Waals surface area contributed by atoms with Crippen LogP contribution in [0.2, 0.25) is 0 Å². The minimum Gasteiger partial charge on any atom is -0.356 e. The molecule has 2 heterocycles. The monoisotopic (exact) mass is 407 g/mol. The van der Waals surface area contributed by atoms with Crippen molar-refractivity contribution in [3.05, 3.63) is 54.4 Å². The normalized spacial score (nSPS) is 19.4. The Hall–Kier alpha value is -2.69. The first-order valence-electron chi connectivity index (χ1n) is 10.8. The average molecular weight is 408 g/mol. The summed E-state index contributed by atoms with van der Waals surface area (Å²) in [5.41, 5.74) is 2.24. The fourth-order valence-electron chi connectivity index (χ4n) is 4.28. The Morgan fingerprint density at radius 1 is 1.13 bits per heavy atom. The summed E-state index contributed by atoms with van der Waals surface area (Å²) < 4.78 is 0. The summed E-state index contributed by atoms with van der Waals surface area (Å²) in [4.78, 5) is 32.2. The Bertz CT molecular complexity index is 872. The molecule has 0 bridgehead atoms. The molecule has 5 heteroatoms. The number of hydrogen-bond donors (Lipinski definition) is 1. The summed E-state index contributed by atoms with van der Waals surface area (Å²) in [5.74, 6) is 0.163. The second kappa shape index (κ2) is 8.99. The van der Waals surface area contributed by atoms with Crippen molar-refractivity contribution in [1.82, 2.24) is 15.2 Å². The summed E-state index contributed by atoms with van der Waals surface area (Å²) in [6, 6.07) is 12.3. The first-order valence-corrected chi connectivity index (χ1v) is 10.8. The standard InChI is InChI=1S/C25H33N3O2/c1-5-27-22(29)25(13-7-15-28(18-25)23(30)24(2,3)4)16-19-9-11-20(12-10-19)21-8-6-14-26-17-21/h6,8-12,14,17H,5,7,13,15-16,18H2,1-4H3,(H,27,29)/t25-/m0/s1. The van der Waals surface area contributed by atoms with E-state index in [2.05, 4.69) is 34.6 Å². The molecule has 2 amide bonds. The molecule has 1 atom stereocenters. The molecular weight excluding hydrogens is 374 g/mol. The van der Waals surface area contributed by atoms with Crippen LogP contribution in [0.25, 0.3) is 11.1 Å². The summed E-state index contributed by atoms with van der Waals surface area (Å²) in [7, 11) is 0. The molecule has 160 valence electrons. The lowest BCUT2D eigenvalue weighted by atomic mass is 9.73. The quantitative estimate of drug-likeness (QED) is 0.812. The second-order valence-corrected chi connectivity index (χ2v) is 9.34. The van der Waals surface area contributed by atoms with Gasteiger partial charge in [0.05, 0.1) is 5.41 Å². The maximum atomic E-state index is 13.2. The minimum atomic E-state index is -0.592. The van der Waals surface area contributed by atoms with E-state index < -0.39 is 10.8 Å². The van der Waals surface area contributed by atoms with Gasteiger partial charge in [0.15, 0.2) is 0 Å². The molecular formula is C25H33N3O2. The van der Waals surface area contributed by atoms with Crippen molar-refractivity contribution < 1.29 is 9.59 Å². The van der Waals surface area contributed by atoms with Gasteiger partial charge < -0.3 is 10.2 Å². The molecule has 2 aromatic rings. The topological polar surface area (TPSA) is 62.3 Å². The van der Waals surface area contributed by atoms with E-state index in [-0.39, 0.29) is 11.8 Å². The van der Waals surface area contributed by atoms with Crippen molar-refractivity contribution in [3.8, 4) is 11.1 Å². The molecule has 0 saturated carbocycles. The van der Waals surface area contributed by atoms with E-state index >= 15 is 0 Å². The van der Waals surface area contributed by atoms with Crippen molar-refractivity contribution in [2.45, 2.75) is 47.0 Å². The van der Waals surface area contributed by atoms with Crippen LogP contribution in [0.3, 0.4) is 0 Å². The van der Waals surface area contributed by atoms with Crippen molar-refractivity contribution in [2.75, 3.05) is 19.6 Å². The van der Waals surface area contributed by atoms with Gasteiger partial charge in [0.2, 0.25) is 11.8 Å². The molecule has 1 saturated heterocycles. The van der Waals surface area contributed by atoms with Crippen LogP contribution in [-0.2, 0) is 16.0 Å². The number of likely N-dealkylation sites (tertiary alicyclic amines) is 1. The number of rotatable bonds is 5. The molecule has 30 heavy (non-hydrogen) atoms. The number of hydrogen-bond acceptors (Lipinski definition) is 3. The maximum Gasteiger partial charge on any atom is 0.228 e. The summed E-state index contributed by atoms with van der Waals surface area (Å²) in [6.07, 6.45) is 5.87. The molecule has 1 aliphatic heterocycles. The number of nitrogens with one attached hydrogen (secondary N) is 1. The average Bonchev–Trinajstić information content (AvgIpc) is 2.74. The van der Waals surface area contributed by atoms with Gasteiger partial charge >= 0.3 is 0 Å². The molecule has 1 N–H and O–H groups in total. The predicted molar refractivity (Wildman–Crippen MR) is 120 cm³/mol. The highest BCUT2D eigenvalue weighted by Gasteiger charge is 2.44. The van der Waals surface area contributed by atoms with Crippen LogP contribution in [0.5, 0.6) is 0 Å². The molecule has 3 rings (SSSR count).